The van der Waals surface area contributed by atoms with Gasteiger partial charge in [-0.1, -0.05) is 34.1 Å². The summed E-state index contributed by atoms with van der Waals surface area (Å²) in [5.74, 6) is 1.28. The molecule has 0 saturated carbocycles. The van der Waals surface area contributed by atoms with Crippen molar-refractivity contribution in [2.24, 2.45) is 11.8 Å². The van der Waals surface area contributed by atoms with Crippen molar-refractivity contribution in [1.82, 2.24) is 39.6 Å². The van der Waals surface area contributed by atoms with Crippen LogP contribution in [0.1, 0.15) is 81.6 Å². The van der Waals surface area contributed by atoms with Gasteiger partial charge in [0.15, 0.2) is 0 Å². The third-order valence-corrected chi connectivity index (χ3v) is 9.52. The van der Waals surface area contributed by atoms with Gasteiger partial charge in [-0.05, 0) is 58.4 Å². The van der Waals surface area contributed by atoms with Gasteiger partial charge in [0.2, 0.25) is 11.8 Å². The molecule has 0 atom stereocenters. The molecule has 0 unspecified atom stereocenters. The van der Waals surface area contributed by atoms with Gasteiger partial charge in [-0.3, -0.25) is 33.8 Å². The summed E-state index contributed by atoms with van der Waals surface area (Å²) in [6.07, 6.45) is 7.15. The lowest BCUT2D eigenvalue weighted by atomic mass is 9.87. The second-order valence-electron chi connectivity index (χ2n) is 14.7. The van der Waals surface area contributed by atoms with Gasteiger partial charge >= 0.3 is 5.97 Å². The van der Waals surface area contributed by atoms with E-state index in [4.69, 9.17) is 9.84 Å². The van der Waals surface area contributed by atoms with Gasteiger partial charge in [-0.2, -0.15) is 5.10 Å². The Labute approximate surface area is 310 Å². The smallest absolute Gasteiger partial charge is 0.317 e. The number of morpholine rings is 1. The minimum atomic E-state index is -0.724. The van der Waals surface area contributed by atoms with Crippen molar-refractivity contribution < 1.29 is 24.2 Å². The van der Waals surface area contributed by atoms with E-state index in [0.29, 0.717) is 18.6 Å². The molecule has 5 rings (SSSR count). The summed E-state index contributed by atoms with van der Waals surface area (Å²) in [4.78, 5) is 44.1. The second-order valence-corrected chi connectivity index (χ2v) is 14.7. The Bertz CT molecular complexity index is 1020. The topological polar surface area (TPSA) is 127 Å². The van der Waals surface area contributed by atoms with Crippen LogP contribution in [0, 0.1) is 11.8 Å². The monoisotopic (exact) mass is 723 g/mol. The largest absolute Gasteiger partial charge is 0.480 e. The summed E-state index contributed by atoms with van der Waals surface area (Å²) in [7, 11) is 0. The van der Waals surface area contributed by atoms with Crippen molar-refractivity contribution in [3.8, 4) is 0 Å². The first-order valence-electron chi connectivity index (χ1n) is 19.5. The molecule has 5 heterocycles. The Hall–Kier alpha value is -2.58. The van der Waals surface area contributed by atoms with Crippen molar-refractivity contribution in [2.45, 2.75) is 100 Å². The molecule has 4 fully saturated rings. The van der Waals surface area contributed by atoms with Gasteiger partial charge in [0.25, 0.3) is 0 Å². The standard InChI is InChI=1S/C12H20N4O.C10H19NO.C9H18N2O2.C4H9NO.C3H8/c1-11(2)14-6-8-15(9-7-14)12(17)10-16-5-3-4-13-16;1-8(2)10-4-6-11(7-5-10)9(3)12;1-8(2)11-5-3-10(4-6-11)7-9(12)13;1-3-6-4-2-5-1;1-3-2/h3-5,11H,6-10H2,1-2H3;8,10H,4-7H2,1-3H3;8H,3-7H2,1-2H3,(H,12,13);5H,1-4H2;3H2,1-2H3. The molecule has 2 N–H and O–H groups in total. The van der Waals surface area contributed by atoms with Crippen molar-refractivity contribution in [3.63, 3.8) is 0 Å². The molecule has 0 aromatic carbocycles. The molecule has 13 nitrogen and oxygen atoms in total. The van der Waals surface area contributed by atoms with E-state index in [1.54, 1.807) is 17.8 Å². The van der Waals surface area contributed by atoms with E-state index in [2.05, 4.69) is 75.6 Å². The Morgan fingerprint density at radius 3 is 1.65 bits per heavy atom. The zero-order chi connectivity index (χ0) is 38.2. The highest BCUT2D eigenvalue weighted by Gasteiger charge is 2.24. The number of piperidine rings is 1. The molecule has 4 saturated heterocycles. The molecule has 4 aliphatic heterocycles. The number of aliphatic carboxylic acids is 1. The molecule has 13 heteroatoms. The molecule has 0 bridgehead atoms. The number of likely N-dealkylation sites (tertiary alicyclic amines) is 1. The number of ether oxygens (including phenoxy) is 1. The number of carboxylic acid groups (broad SMARTS) is 1. The van der Waals surface area contributed by atoms with Crippen LogP contribution in [0.2, 0.25) is 0 Å². The normalized spacial score (nSPS) is 19.1. The zero-order valence-corrected chi connectivity index (χ0v) is 33.7. The summed E-state index contributed by atoms with van der Waals surface area (Å²) in [6.45, 7) is 32.9. The fraction of sp³-hybridized carbons (Fsp3) is 0.842. The highest BCUT2D eigenvalue weighted by molar-refractivity contribution is 5.76. The minimum Gasteiger partial charge on any atom is -0.480 e. The van der Waals surface area contributed by atoms with E-state index in [1.165, 1.54) is 19.3 Å². The fourth-order valence-corrected chi connectivity index (χ4v) is 6.15. The van der Waals surface area contributed by atoms with Gasteiger partial charge in [0.05, 0.1) is 19.8 Å². The number of nitrogens with one attached hydrogen (secondary N) is 1. The van der Waals surface area contributed by atoms with Gasteiger partial charge in [0, 0.05) is 110 Å². The third-order valence-electron chi connectivity index (χ3n) is 9.52. The Morgan fingerprint density at radius 2 is 1.29 bits per heavy atom. The van der Waals surface area contributed by atoms with Crippen LogP contribution >= 0.6 is 0 Å². The molecular formula is C38H74N8O5. The highest BCUT2D eigenvalue weighted by Crippen LogP contribution is 2.24. The third kappa shape index (κ3) is 20.9. The lowest BCUT2D eigenvalue weighted by molar-refractivity contribution is -0.139. The van der Waals surface area contributed by atoms with E-state index < -0.39 is 5.97 Å². The molecule has 51 heavy (non-hydrogen) atoms. The molecule has 2 amide bonds. The molecule has 4 aliphatic rings. The zero-order valence-electron chi connectivity index (χ0n) is 33.7. The lowest BCUT2D eigenvalue weighted by Gasteiger charge is -2.36. The Morgan fingerprint density at radius 1 is 0.784 bits per heavy atom. The van der Waals surface area contributed by atoms with Crippen LogP contribution in [-0.4, -0.2) is 168 Å². The summed E-state index contributed by atoms with van der Waals surface area (Å²) in [5.41, 5.74) is 0. The van der Waals surface area contributed by atoms with Gasteiger partial charge in [0.1, 0.15) is 6.54 Å². The maximum atomic E-state index is 12.0. The summed E-state index contributed by atoms with van der Waals surface area (Å²) < 4.78 is 6.68. The first-order chi connectivity index (χ1) is 24.3. The number of hydrogen-bond acceptors (Lipinski definition) is 9. The minimum absolute atomic E-state index is 0.164. The predicted octanol–water partition coefficient (Wildman–Crippen LogP) is 3.46. The van der Waals surface area contributed by atoms with Crippen molar-refractivity contribution in [2.75, 3.05) is 98.3 Å². The maximum absolute atomic E-state index is 12.0. The second kappa shape index (κ2) is 27.1. The number of carbonyl (C=O) groups excluding carboxylic acids is 2. The van der Waals surface area contributed by atoms with Gasteiger partial charge in [-0.15, -0.1) is 0 Å². The number of aromatic nitrogens is 2. The summed E-state index contributed by atoms with van der Waals surface area (Å²) in [5, 5.41) is 15.8. The molecule has 1 aromatic heterocycles. The van der Waals surface area contributed by atoms with Crippen LogP contribution in [0.3, 0.4) is 0 Å². The number of hydrogen-bond donors (Lipinski definition) is 2. The molecular weight excluding hydrogens is 648 g/mol. The van der Waals surface area contributed by atoms with Crippen LogP contribution in [0.4, 0.5) is 0 Å². The fourth-order valence-electron chi connectivity index (χ4n) is 6.15. The quantitative estimate of drug-likeness (QED) is 0.433. The number of carboxylic acids is 1. The van der Waals surface area contributed by atoms with E-state index in [9.17, 15) is 14.4 Å². The van der Waals surface area contributed by atoms with Crippen LogP contribution in [-0.2, 0) is 25.7 Å². The molecule has 0 aliphatic carbocycles. The number of amides is 2. The van der Waals surface area contributed by atoms with Crippen LogP contribution in [0.25, 0.3) is 0 Å². The molecule has 0 radical (unpaired) electrons. The highest BCUT2D eigenvalue weighted by atomic mass is 16.5. The van der Waals surface area contributed by atoms with Gasteiger partial charge < -0.3 is 25.0 Å². The SMILES string of the molecule is C1COCCN1.CC(=O)N1CCC(C(C)C)CC1.CC(C)N1CCN(C(=O)Cn2cccn2)CC1.CC(C)N1CCN(CC(=O)O)CC1.CCC. The predicted molar refractivity (Wildman–Crippen MR) is 206 cm³/mol. The number of nitrogens with zero attached hydrogens (tertiary/aromatic N) is 7. The maximum Gasteiger partial charge on any atom is 0.317 e. The first kappa shape index (κ1) is 46.4. The molecule has 0 spiro atoms. The van der Waals surface area contributed by atoms with E-state index >= 15 is 0 Å². The van der Waals surface area contributed by atoms with Crippen LogP contribution < -0.4 is 5.32 Å². The number of rotatable bonds is 7. The van der Waals surface area contributed by atoms with Crippen molar-refractivity contribution in [3.05, 3.63) is 18.5 Å². The summed E-state index contributed by atoms with van der Waals surface area (Å²) in [6, 6.07) is 2.98. The lowest BCUT2D eigenvalue weighted by Crippen LogP contribution is -2.51. The van der Waals surface area contributed by atoms with Crippen LogP contribution in [0.15, 0.2) is 18.5 Å². The average molecular weight is 723 g/mol. The summed E-state index contributed by atoms with van der Waals surface area (Å²) >= 11 is 0. The van der Waals surface area contributed by atoms with Crippen LogP contribution in [0.5, 0.6) is 0 Å². The Balaban J connectivity index is 0.000000345. The van der Waals surface area contributed by atoms with E-state index in [-0.39, 0.29) is 18.4 Å². The number of carbonyl (C=O) groups is 3. The van der Waals surface area contributed by atoms with E-state index in [1.807, 2.05) is 27.0 Å². The van der Waals surface area contributed by atoms with Crippen molar-refractivity contribution >= 4 is 17.8 Å². The van der Waals surface area contributed by atoms with E-state index in [0.717, 1.165) is 104 Å². The average Bonchev–Trinajstić information content (AvgIpc) is 3.63. The van der Waals surface area contributed by atoms with Gasteiger partial charge in [-0.25, -0.2) is 0 Å². The molecule has 1 aromatic rings. The molecule has 296 valence electrons. The van der Waals surface area contributed by atoms with Crippen molar-refractivity contribution in [1.29, 1.82) is 0 Å². The Kier molecular flexibility index (Phi) is 24.7. The number of piperazine rings is 2. The first-order valence-corrected chi connectivity index (χ1v) is 19.5.